The first kappa shape index (κ1) is 9.85. The number of fused-ring (bicyclic) bond motifs is 3. The number of nitrogens with zero attached hydrogens (tertiary/aromatic N) is 4. The van der Waals surface area contributed by atoms with E-state index in [-0.39, 0.29) is 5.69 Å². The van der Waals surface area contributed by atoms with Crippen molar-refractivity contribution >= 4 is 32.2 Å². The minimum atomic E-state index is -0.473. The van der Waals surface area contributed by atoms with Crippen molar-refractivity contribution in [3.8, 4) is 0 Å². The fourth-order valence-electron chi connectivity index (χ4n) is 1.53. The summed E-state index contributed by atoms with van der Waals surface area (Å²) in [5.74, 6) is 0. The molecule has 3 aromatic rings. The van der Waals surface area contributed by atoms with Gasteiger partial charge >= 0.3 is 0 Å². The average Bonchev–Trinajstić information content (AvgIpc) is 2.64. The number of rotatable bonds is 1. The molecule has 0 saturated heterocycles. The van der Waals surface area contributed by atoms with Gasteiger partial charge in [-0.25, -0.2) is 4.52 Å². The van der Waals surface area contributed by atoms with E-state index in [9.17, 15) is 14.9 Å². The molecule has 0 fully saturated rings. The van der Waals surface area contributed by atoms with Crippen molar-refractivity contribution in [3.05, 3.63) is 44.9 Å². The molecule has 0 aliphatic carbocycles. The van der Waals surface area contributed by atoms with Gasteiger partial charge in [-0.3, -0.25) is 14.9 Å². The zero-order valence-corrected chi connectivity index (χ0v) is 9.05. The van der Waals surface area contributed by atoms with Crippen LogP contribution in [-0.2, 0) is 0 Å². The van der Waals surface area contributed by atoms with Gasteiger partial charge in [0.1, 0.15) is 6.20 Å². The second kappa shape index (κ2) is 3.32. The molecule has 0 aliphatic heterocycles. The Kier molecular flexibility index (Phi) is 1.92. The largest absolute Gasteiger partial charge is 0.292 e. The monoisotopic (exact) mass is 248 g/mol. The van der Waals surface area contributed by atoms with E-state index in [1.54, 1.807) is 6.07 Å². The molecule has 7 nitrogen and oxygen atoms in total. The Morgan fingerprint density at radius 2 is 2.24 bits per heavy atom. The zero-order valence-electron chi connectivity index (χ0n) is 8.23. The molecule has 1 aromatic carbocycles. The highest BCUT2D eigenvalue weighted by atomic mass is 32.1. The minimum Gasteiger partial charge on any atom is -0.266 e. The highest BCUT2D eigenvalue weighted by Crippen LogP contribution is 2.26. The van der Waals surface area contributed by atoms with Crippen LogP contribution in [-0.4, -0.2) is 19.5 Å². The van der Waals surface area contributed by atoms with E-state index in [0.29, 0.717) is 10.5 Å². The van der Waals surface area contributed by atoms with Crippen LogP contribution in [0.1, 0.15) is 0 Å². The molecule has 84 valence electrons. The maximum absolute atomic E-state index is 11.0. The highest BCUT2D eigenvalue weighted by Gasteiger charge is 2.11. The average molecular weight is 248 g/mol. The molecule has 0 saturated carbocycles. The molecule has 2 aromatic heterocycles. The van der Waals surface area contributed by atoms with E-state index in [0.717, 1.165) is 10.9 Å². The molecule has 0 amide bonds. The summed E-state index contributed by atoms with van der Waals surface area (Å²) in [4.78, 5) is 25.4. The van der Waals surface area contributed by atoms with Crippen LogP contribution in [0.2, 0.25) is 0 Å². The van der Waals surface area contributed by atoms with Crippen molar-refractivity contribution in [1.29, 1.82) is 0 Å². The number of nitro benzene ring substituents is 1. The molecule has 0 radical (unpaired) electrons. The quantitative estimate of drug-likeness (QED) is 0.477. The molecule has 0 unspecified atom stereocenters. The molecule has 3 rings (SSSR count). The lowest BCUT2D eigenvalue weighted by atomic mass is 10.3. The maximum Gasteiger partial charge on any atom is 0.292 e. The number of nitro groups is 1. The van der Waals surface area contributed by atoms with E-state index in [1.165, 1.54) is 28.0 Å². The van der Waals surface area contributed by atoms with Gasteiger partial charge in [-0.2, -0.15) is 10.1 Å². The van der Waals surface area contributed by atoms with Crippen LogP contribution >= 0.6 is 11.3 Å². The van der Waals surface area contributed by atoms with Crippen molar-refractivity contribution < 1.29 is 4.92 Å². The fourth-order valence-corrected chi connectivity index (χ4v) is 2.48. The van der Waals surface area contributed by atoms with E-state index in [2.05, 4.69) is 10.1 Å². The van der Waals surface area contributed by atoms with Crippen molar-refractivity contribution in [2.45, 2.75) is 0 Å². The summed E-state index contributed by atoms with van der Waals surface area (Å²) in [5.41, 5.74) is 0.135. The number of aromatic nitrogens is 3. The molecule has 0 aliphatic rings. The minimum absolute atomic E-state index is 0.0160. The van der Waals surface area contributed by atoms with E-state index in [1.807, 2.05) is 0 Å². The van der Waals surface area contributed by atoms with E-state index < -0.39 is 10.5 Å². The Morgan fingerprint density at radius 3 is 3.00 bits per heavy atom. The van der Waals surface area contributed by atoms with E-state index >= 15 is 0 Å². The van der Waals surface area contributed by atoms with Crippen LogP contribution in [0.4, 0.5) is 5.69 Å². The Balaban J connectivity index is 2.45. The number of hydrogen-bond donors (Lipinski definition) is 0. The molecule has 17 heavy (non-hydrogen) atoms. The number of hydrogen-bond acceptors (Lipinski definition) is 6. The summed E-state index contributed by atoms with van der Waals surface area (Å²) in [5, 5.41) is 14.6. The smallest absolute Gasteiger partial charge is 0.266 e. The SMILES string of the molecule is O=c1cnn2c(n1)sc1ccc([N+](=O)[O-])cc12. The van der Waals surface area contributed by atoms with Gasteiger partial charge in [-0.15, -0.1) is 0 Å². The standard InChI is InChI=1S/C9H4N4O3S/c14-8-4-10-12-6-3-5(13(15)16)1-2-7(6)17-9(12)11-8/h1-4H. The first-order chi connectivity index (χ1) is 8.15. The molecule has 2 heterocycles. The van der Waals surface area contributed by atoms with Crippen molar-refractivity contribution in [3.63, 3.8) is 0 Å². The molecule has 0 bridgehead atoms. The lowest BCUT2D eigenvalue weighted by Crippen LogP contribution is -2.08. The van der Waals surface area contributed by atoms with Crippen molar-refractivity contribution in [1.82, 2.24) is 14.6 Å². The Bertz CT molecular complexity index is 807. The number of non-ortho nitro benzene ring substituents is 1. The highest BCUT2D eigenvalue weighted by molar-refractivity contribution is 7.23. The van der Waals surface area contributed by atoms with Crippen LogP contribution in [0, 0.1) is 10.1 Å². The summed E-state index contributed by atoms with van der Waals surface area (Å²) in [6.45, 7) is 0. The Labute approximate surface area is 97.1 Å². The van der Waals surface area contributed by atoms with Gasteiger partial charge in [0.05, 0.1) is 15.1 Å². The summed E-state index contributed by atoms with van der Waals surface area (Å²) in [7, 11) is 0. The summed E-state index contributed by atoms with van der Waals surface area (Å²) in [6, 6.07) is 4.45. The van der Waals surface area contributed by atoms with Crippen LogP contribution < -0.4 is 5.56 Å². The second-order valence-corrected chi connectivity index (χ2v) is 4.31. The summed E-state index contributed by atoms with van der Waals surface area (Å²) >= 11 is 1.26. The molecule has 0 spiro atoms. The predicted octanol–water partition coefficient (Wildman–Crippen LogP) is 1.21. The van der Waals surface area contributed by atoms with Crippen LogP contribution in [0.15, 0.2) is 29.2 Å². The lowest BCUT2D eigenvalue weighted by Gasteiger charge is -1.93. The predicted molar refractivity (Wildman–Crippen MR) is 61.3 cm³/mol. The van der Waals surface area contributed by atoms with Crippen LogP contribution in [0.25, 0.3) is 15.2 Å². The first-order valence-corrected chi connectivity index (χ1v) is 5.40. The molecule has 0 N–H and O–H groups in total. The van der Waals surface area contributed by atoms with Gasteiger partial charge in [-0.1, -0.05) is 11.3 Å². The van der Waals surface area contributed by atoms with Gasteiger partial charge in [0, 0.05) is 12.1 Å². The number of benzene rings is 1. The van der Waals surface area contributed by atoms with Crippen molar-refractivity contribution in [2.24, 2.45) is 0 Å². The van der Waals surface area contributed by atoms with E-state index in [4.69, 9.17) is 0 Å². The topological polar surface area (TPSA) is 90.4 Å². The van der Waals surface area contributed by atoms with Crippen LogP contribution in [0.5, 0.6) is 0 Å². The normalized spacial score (nSPS) is 11.1. The Hall–Kier alpha value is -2.35. The molecule has 8 heteroatoms. The van der Waals surface area contributed by atoms with Gasteiger partial charge in [0.2, 0.25) is 4.96 Å². The third-order valence-corrected chi connectivity index (χ3v) is 3.27. The van der Waals surface area contributed by atoms with Gasteiger partial charge in [0.25, 0.3) is 11.2 Å². The summed E-state index contributed by atoms with van der Waals surface area (Å²) in [6.07, 6.45) is 1.08. The van der Waals surface area contributed by atoms with Gasteiger partial charge in [-0.05, 0) is 6.07 Å². The molecule has 0 atom stereocenters. The Morgan fingerprint density at radius 1 is 1.41 bits per heavy atom. The zero-order chi connectivity index (χ0) is 12.0. The third-order valence-electron chi connectivity index (χ3n) is 2.25. The first-order valence-electron chi connectivity index (χ1n) is 4.58. The number of thiazole rings is 1. The molecular formula is C9H4N4O3S. The lowest BCUT2D eigenvalue weighted by molar-refractivity contribution is -0.384. The van der Waals surface area contributed by atoms with Crippen LogP contribution in [0.3, 0.4) is 0 Å². The maximum atomic E-state index is 11.0. The van der Waals surface area contributed by atoms with Crippen molar-refractivity contribution in [2.75, 3.05) is 0 Å². The fraction of sp³-hybridized carbons (Fsp3) is 0. The third kappa shape index (κ3) is 1.46. The summed E-state index contributed by atoms with van der Waals surface area (Å²) < 4.78 is 2.22. The molecular weight excluding hydrogens is 244 g/mol. The second-order valence-electron chi connectivity index (χ2n) is 3.30. The van der Waals surface area contributed by atoms with Gasteiger partial charge < -0.3 is 0 Å². The van der Waals surface area contributed by atoms with Gasteiger partial charge in [0.15, 0.2) is 0 Å².